The minimum atomic E-state index is -0.486. The quantitative estimate of drug-likeness (QED) is 0.238. The molecule has 0 atom stereocenters. The van der Waals surface area contributed by atoms with Crippen LogP contribution in [0.4, 0.5) is 5.69 Å². The highest BCUT2D eigenvalue weighted by molar-refractivity contribution is 7.98. The van der Waals surface area contributed by atoms with Crippen molar-refractivity contribution in [3.63, 3.8) is 0 Å². The third-order valence-corrected chi connectivity index (χ3v) is 4.83. The van der Waals surface area contributed by atoms with Gasteiger partial charge in [-0.2, -0.15) is 4.98 Å². The number of hydrogen-bond acceptors (Lipinski definition) is 10. The predicted molar refractivity (Wildman–Crippen MR) is 102 cm³/mol. The summed E-state index contributed by atoms with van der Waals surface area (Å²) in [5.41, 5.74) is -0.373. The Bertz CT molecular complexity index is 1180. The van der Waals surface area contributed by atoms with E-state index in [2.05, 4.69) is 20.3 Å². The van der Waals surface area contributed by atoms with Gasteiger partial charge in [-0.15, -0.1) is 5.10 Å². The van der Waals surface area contributed by atoms with Gasteiger partial charge < -0.3 is 13.7 Å². The van der Waals surface area contributed by atoms with Crippen molar-refractivity contribution < 1.29 is 18.6 Å². The van der Waals surface area contributed by atoms with Crippen molar-refractivity contribution in [1.29, 1.82) is 0 Å². The third kappa shape index (κ3) is 4.57. The van der Waals surface area contributed by atoms with Crippen LogP contribution in [0.1, 0.15) is 17.5 Å². The van der Waals surface area contributed by atoms with Gasteiger partial charge in [0.15, 0.2) is 11.8 Å². The van der Waals surface area contributed by atoms with E-state index in [9.17, 15) is 14.9 Å². The molecule has 13 heteroatoms. The van der Waals surface area contributed by atoms with Gasteiger partial charge in [0.2, 0.25) is 11.7 Å². The molecule has 3 heterocycles. The molecule has 0 aliphatic rings. The Morgan fingerprint density at radius 1 is 1.27 bits per heavy atom. The molecule has 1 N–H and O–H groups in total. The minimum Gasteiger partial charge on any atom is -0.485 e. The first kappa shape index (κ1) is 19.4. The molecular formula is C17H14N6O6S. The smallest absolute Gasteiger partial charge is 0.344 e. The lowest BCUT2D eigenvalue weighted by Crippen LogP contribution is -2.18. The van der Waals surface area contributed by atoms with E-state index in [4.69, 9.17) is 13.7 Å². The average Bonchev–Trinajstić information content (AvgIpc) is 3.49. The van der Waals surface area contributed by atoms with Crippen molar-refractivity contribution in [2.75, 3.05) is 0 Å². The lowest BCUT2D eigenvalue weighted by atomic mass is 10.3. The maximum atomic E-state index is 11.9. The number of nitro groups is 1. The topological polar surface area (TPSA) is 155 Å². The molecule has 0 spiro atoms. The Kier molecular flexibility index (Phi) is 5.61. The highest BCUT2D eigenvalue weighted by Crippen LogP contribution is 2.21. The van der Waals surface area contributed by atoms with E-state index in [1.165, 1.54) is 46.9 Å². The van der Waals surface area contributed by atoms with Gasteiger partial charge in [-0.1, -0.05) is 16.9 Å². The second kappa shape index (κ2) is 8.65. The molecule has 154 valence electrons. The molecule has 0 saturated carbocycles. The molecule has 3 aromatic heterocycles. The summed E-state index contributed by atoms with van der Waals surface area (Å²) in [4.78, 5) is 26.3. The molecule has 4 rings (SSSR count). The molecule has 0 saturated heterocycles. The van der Waals surface area contributed by atoms with Crippen LogP contribution >= 0.6 is 11.8 Å². The van der Waals surface area contributed by atoms with Crippen molar-refractivity contribution >= 4 is 17.4 Å². The van der Waals surface area contributed by atoms with E-state index in [1.807, 2.05) is 0 Å². The molecule has 30 heavy (non-hydrogen) atoms. The van der Waals surface area contributed by atoms with Crippen molar-refractivity contribution in [1.82, 2.24) is 24.9 Å². The van der Waals surface area contributed by atoms with Gasteiger partial charge in [0.1, 0.15) is 11.5 Å². The number of H-pyrrole nitrogens is 1. The maximum Gasteiger partial charge on any atom is 0.344 e. The molecule has 0 unspecified atom stereocenters. The number of nitrogens with one attached hydrogen (secondary N) is 1. The maximum absolute atomic E-state index is 11.9. The Morgan fingerprint density at radius 3 is 2.83 bits per heavy atom. The zero-order valence-corrected chi connectivity index (χ0v) is 16.1. The summed E-state index contributed by atoms with van der Waals surface area (Å²) in [5, 5.41) is 21.4. The van der Waals surface area contributed by atoms with E-state index in [0.29, 0.717) is 34.1 Å². The first-order chi connectivity index (χ1) is 14.6. The predicted octanol–water partition coefficient (Wildman–Crippen LogP) is 2.38. The number of aromatic nitrogens is 5. The van der Waals surface area contributed by atoms with Crippen molar-refractivity contribution in [2.45, 2.75) is 24.1 Å². The van der Waals surface area contributed by atoms with E-state index in [0.717, 1.165) is 0 Å². The molecule has 0 bridgehead atoms. The summed E-state index contributed by atoms with van der Waals surface area (Å²) in [6, 6.07) is 9.18. The van der Waals surface area contributed by atoms with Crippen LogP contribution in [0.5, 0.6) is 5.75 Å². The molecule has 1 aromatic carbocycles. The Hall–Kier alpha value is -3.87. The molecule has 12 nitrogen and oxygen atoms in total. The van der Waals surface area contributed by atoms with Gasteiger partial charge in [-0.05, 0) is 24.3 Å². The number of nitro benzene ring substituents is 1. The lowest BCUT2D eigenvalue weighted by Gasteiger charge is -2.02. The van der Waals surface area contributed by atoms with Crippen LogP contribution in [-0.4, -0.2) is 29.8 Å². The number of ether oxygens (including phenoxy) is 1. The average molecular weight is 430 g/mol. The first-order valence-corrected chi connectivity index (χ1v) is 9.56. The molecular weight excluding hydrogens is 416 g/mol. The lowest BCUT2D eigenvalue weighted by molar-refractivity contribution is -0.384. The molecule has 0 radical (unpaired) electrons. The molecule has 0 amide bonds. The van der Waals surface area contributed by atoms with Crippen LogP contribution in [0.3, 0.4) is 0 Å². The van der Waals surface area contributed by atoms with Gasteiger partial charge in [0.05, 0.1) is 23.5 Å². The fourth-order valence-electron chi connectivity index (χ4n) is 2.46. The Balaban J connectivity index is 1.33. The number of thioether (sulfide) groups is 1. The zero-order valence-electron chi connectivity index (χ0n) is 15.3. The van der Waals surface area contributed by atoms with Crippen molar-refractivity contribution in [3.05, 3.63) is 80.7 Å². The SMILES string of the molecule is O=c1[nH]nc(SCc2nc(COc3ccc([N+](=O)[O-])cc3)no2)n1Cc1ccco1. The third-order valence-electron chi connectivity index (χ3n) is 3.87. The highest BCUT2D eigenvalue weighted by atomic mass is 32.2. The molecule has 0 aliphatic carbocycles. The fraction of sp³-hybridized carbons (Fsp3) is 0.176. The normalized spacial score (nSPS) is 10.9. The largest absolute Gasteiger partial charge is 0.485 e. The van der Waals surface area contributed by atoms with E-state index < -0.39 is 4.92 Å². The van der Waals surface area contributed by atoms with Crippen molar-refractivity contribution in [2.24, 2.45) is 0 Å². The van der Waals surface area contributed by atoms with Gasteiger partial charge in [0.25, 0.3) is 5.69 Å². The summed E-state index contributed by atoms with van der Waals surface area (Å²) in [6.07, 6.45) is 1.53. The monoisotopic (exact) mass is 430 g/mol. The van der Waals surface area contributed by atoms with Gasteiger partial charge in [-0.25, -0.2) is 9.89 Å². The van der Waals surface area contributed by atoms with Crippen LogP contribution in [0.25, 0.3) is 0 Å². The number of aromatic amines is 1. The summed E-state index contributed by atoms with van der Waals surface area (Å²) in [6.45, 7) is 0.292. The number of hydrogen-bond donors (Lipinski definition) is 1. The second-order valence-electron chi connectivity index (χ2n) is 5.91. The number of benzene rings is 1. The number of non-ortho nitro benzene ring substituents is 1. The number of nitrogens with zero attached hydrogens (tertiary/aromatic N) is 5. The van der Waals surface area contributed by atoms with Gasteiger partial charge >= 0.3 is 5.69 Å². The zero-order chi connectivity index (χ0) is 20.9. The second-order valence-corrected chi connectivity index (χ2v) is 6.85. The first-order valence-electron chi connectivity index (χ1n) is 8.57. The van der Waals surface area contributed by atoms with E-state index in [1.54, 1.807) is 12.1 Å². The standard InChI is InChI=1S/C17H14N6O6S/c24-16-19-20-17(22(16)8-13-2-1-7-27-13)30-10-15-18-14(21-29-15)9-28-12-5-3-11(4-6-12)23(25)26/h1-7H,8-10H2,(H,19,24). The molecule has 0 aliphatic heterocycles. The van der Waals surface area contributed by atoms with Gasteiger partial charge in [-0.3, -0.25) is 14.7 Å². The van der Waals surface area contributed by atoms with Crippen LogP contribution < -0.4 is 10.4 Å². The summed E-state index contributed by atoms with van der Waals surface area (Å²) in [7, 11) is 0. The summed E-state index contributed by atoms with van der Waals surface area (Å²) in [5.74, 6) is 2.03. The molecule has 0 fully saturated rings. The Labute approximate surface area is 172 Å². The Morgan fingerprint density at radius 2 is 2.10 bits per heavy atom. The highest BCUT2D eigenvalue weighted by Gasteiger charge is 2.14. The van der Waals surface area contributed by atoms with Crippen LogP contribution in [0.15, 0.2) is 61.6 Å². The summed E-state index contributed by atoms with van der Waals surface area (Å²) < 4.78 is 17.4. The van der Waals surface area contributed by atoms with Crippen LogP contribution in [-0.2, 0) is 18.9 Å². The van der Waals surface area contributed by atoms with Crippen molar-refractivity contribution in [3.8, 4) is 5.75 Å². The number of rotatable bonds is 9. The fourth-order valence-corrected chi connectivity index (χ4v) is 3.24. The van der Waals surface area contributed by atoms with Crippen LogP contribution in [0, 0.1) is 10.1 Å². The van der Waals surface area contributed by atoms with Gasteiger partial charge in [0, 0.05) is 12.1 Å². The van der Waals surface area contributed by atoms with Crippen LogP contribution in [0.2, 0.25) is 0 Å². The van der Waals surface area contributed by atoms with E-state index in [-0.39, 0.29) is 24.5 Å². The number of furan rings is 1. The minimum absolute atomic E-state index is 0.0230. The summed E-state index contributed by atoms with van der Waals surface area (Å²) >= 11 is 1.25. The molecule has 4 aromatic rings. The van der Waals surface area contributed by atoms with E-state index >= 15 is 0 Å².